The predicted octanol–water partition coefficient (Wildman–Crippen LogP) is 3.76. The highest BCUT2D eigenvalue weighted by Crippen LogP contribution is 2.44. The van der Waals surface area contributed by atoms with Gasteiger partial charge in [-0.1, -0.05) is 36.4 Å². The number of benzene rings is 2. The zero-order chi connectivity index (χ0) is 14.7. The van der Waals surface area contributed by atoms with Gasteiger partial charge in [-0.05, 0) is 29.7 Å². The molecule has 0 spiro atoms. The van der Waals surface area contributed by atoms with Crippen molar-refractivity contribution in [3.63, 3.8) is 0 Å². The molecular formula is C18H18O3. The van der Waals surface area contributed by atoms with E-state index < -0.39 is 0 Å². The van der Waals surface area contributed by atoms with Crippen molar-refractivity contribution in [1.29, 1.82) is 0 Å². The van der Waals surface area contributed by atoms with E-state index in [1.165, 1.54) is 5.56 Å². The minimum atomic E-state index is -0.310. The molecule has 2 aromatic carbocycles. The highest BCUT2D eigenvalue weighted by Gasteiger charge is 2.28. The Morgan fingerprint density at radius 3 is 2.67 bits per heavy atom. The molecule has 0 saturated heterocycles. The summed E-state index contributed by atoms with van der Waals surface area (Å²) in [4.78, 5) is 0. The monoisotopic (exact) mass is 282 g/mol. The summed E-state index contributed by atoms with van der Waals surface area (Å²) in [7, 11) is 1.64. The third-order valence-corrected chi connectivity index (χ3v) is 3.43. The first kappa shape index (κ1) is 13.6. The predicted molar refractivity (Wildman–Crippen MR) is 82.1 cm³/mol. The van der Waals surface area contributed by atoms with Gasteiger partial charge in [0, 0.05) is 6.42 Å². The Balaban J connectivity index is 1.81. The van der Waals surface area contributed by atoms with Crippen molar-refractivity contribution in [3.8, 4) is 17.2 Å². The van der Waals surface area contributed by atoms with E-state index in [1.54, 1.807) is 7.11 Å². The number of fused-ring (bicyclic) bond motifs is 1. The van der Waals surface area contributed by atoms with Gasteiger partial charge in [0.15, 0.2) is 11.5 Å². The van der Waals surface area contributed by atoms with Crippen LogP contribution in [-0.2, 0) is 12.8 Å². The van der Waals surface area contributed by atoms with Crippen LogP contribution in [0.25, 0.3) is 0 Å². The van der Waals surface area contributed by atoms with Crippen molar-refractivity contribution < 1.29 is 14.2 Å². The summed E-state index contributed by atoms with van der Waals surface area (Å²) in [5, 5.41) is 0. The molecule has 1 aliphatic heterocycles. The van der Waals surface area contributed by atoms with Crippen molar-refractivity contribution in [2.75, 3.05) is 7.11 Å². The third kappa shape index (κ3) is 2.87. The minimum absolute atomic E-state index is 0.310. The number of hydrogen-bond donors (Lipinski definition) is 0. The average molecular weight is 282 g/mol. The molecule has 0 aliphatic carbocycles. The first-order valence-electron chi connectivity index (χ1n) is 6.99. The van der Waals surface area contributed by atoms with Gasteiger partial charge in [0.1, 0.15) is 0 Å². The van der Waals surface area contributed by atoms with Gasteiger partial charge < -0.3 is 14.2 Å². The van der Waals surface area contributed by atoms with Crippen LogP contribution in [-0.4, -0.2) is 13.4 Å². The molecule has 21 heavy (non-hydrogen) atoms. The van der Waals surface area contributed by atoms with Gasteiger partial charge in [-0.3, -0.25) is 0 Å². The Bertz CT molecular complexity index is 634. The van der Waals surface area contributed by atoms with E-state index in [0.29, 0.717) is 17.9 Å². The maximum absolute atomic E-state index is 5.90. The Labute approximate surface area is 124 Å². The van der Waals surface area contributed by atoms with Crippen LogP contribution < -0.4 is 14.2 Å². The Morgan fingerprint density at radius 2 is 1.95 bits per heavy atom. The normalized spacial score (nSPS) is 15.8. The lowest BCUT2D eigenvalue weighted by molar-refractivity contribution is 0.0490. The molecule has 1 unspecified atom stereocenters. The molecule has 0 N–H and O–H groups in total. The van der Waals surface area contributed by atoms with Gasteiger partial charge in [-0.25, -0.2) is 0 Å². The van der Waals surface area contributed by atoms with Crippen LogP contribution >= 0.6 is 0 Å². The van der Waals surface area contributed by atoms with E-state index in [2.05, 4.69) is 18.7 Å². The maximum atomic E-state index is 5.90. The van der Waals surface area contributed by atoms with Crippen LogP contribution in [0, 0.1) is 0 Å². The van der Waals surface area contributed by atoms with Crippen molar-refractivity contribution in [3.05, 3.63) is 66.2 Å². The average Bonchev–Trinajstić information content (AvgIpc) is 2.90. The molecule has 3 rings (SSSR count). The quantitative estimate of drug-likeness (QED) is 0.781. The van der Waals surface area contributed by atoms with E-state index in [9.17, 15) is 0 Å². The molecule has 3 heteroatoms. The first-order chi connectivity index (χ1) is 10.3. The number of rotatable bonds is 5. The number of hydrogen-bond acceptors (Lipinski definition) is 3. The lowest BCUT2D eigenvalue weighted by Gasteiger charge is -2.10. The number of methoxy groups -OCH3 is 1. The molecule has 0 fully saturated rings. The second-order valence-corrected chi connectivity index (χ2v) is 4.97. The van der Waals surface area contributed by atoms with E-state index in [4.69, 9.17) is 14.2 Å². The summed E-state index contributed by atoms with van der Waals surface area (Å²) >= 11 is 0. The first-order valence-corrected chi connectivity index (χ1v) is 6.99. The third-order valence-electron chi connectivity index (χ3n) is 3.43. The molecule has 0 bridgehead atoms. The summed E-state index contributed by atoms with van der Waals surface area (Å²) in [6, 6.07) is 14.1. The smallest absolute Gasteiger partial charge is 0.245 e. The number of allylic oxidation sites excluding steroid dienone is 1. The van der Waals surface area contributed by atoms with Crippen molar-refractivity contribution >= 4 is 0 Å². The van der Waals surface area contributed by atoms with Crippen molar-refractivity contribution in [2.24, 2.45) is 0 Å². The van der Waals surface area contributed by atoms with Crippen LogP contribution in [0.1, 0.15) is 11.1 Å². The molecule has 1 aliphatic rings. The topological polar surface area (TPSA) is 27.7 Å². The zero-order valence-corrected chi connectivity index (χ0v) is 12.0. The Kier molecular flexibility index (Phi) is 3.82. The lowest BCUT2D eigenvalue weighted by atomic mass is 10.1. The summed E-state index contributed by atoms with van der Waals surface area (Å²) in [6.45, 7) is 3.76. The van der Waals surface area contributed by atoms with Crippen LogP contribution in [0.15, 0.2) is 55.1 Å². The second-order valence-electron chi connectivity index (χ2n) is 4.97. The fourth-order valence-electron chi connectivity index (χ4n) is 2.46. The van der Waals surface area contributed by atoms with Crippen molar-refractivity contribution in [1.82, 2.24) is 0 Å². The van der Waals surface area contributed by atoms with Crippen LogP contribution in [0.3, 0.4) is 0 Å². The minimum Gasteiger partial charge on any atom is -0.493 e. The maximum Gasteiger partial charge on any atom is 0.245 e. The van der Waals surface area contributed by atoms with Crippen LogP contribution in [0.4, 0.5) is 0 Å². The standard InChI is InChI=1S/C18H18O3/c1-3-7-14-10-15(19-2)18-16(11-14)20-17(21-18)12-13-8-5-4-6-9-13/h3-6,8-11,17H,1,7,12H2,2H3. The van der Waals surface area contributed by atoms with Gasteiger partial charge in [0.2, 0.25) is 12.0 Å². The Morgan fingerprint density at radius 1 is 1.14 bits per heavy atom. The van der Waals surface area contributed by atoms with Crippen LogP contribution in [0.5, 0.6) is 17.2 Å². The van der Waals surface area contributed by atoms with E-state index >= 15 is 0 Å². The van der Waals surface area contributed by atoms with Gasteiger partial charge >= 0.3 is 0 Å². The lowest BCUT2D eigenvalue weighted by Crippen LogP contribution is -2.20. The largest absolute Gasteiger partial charge is 0.493 e. The molecule has 0 saturated carbocycles. The molecule has 0 amide bonds. The molecule has 0 radical (unpaired) electrons. The second kappa shape index (κ2) is 5.92. The SMILES string of the molecule is C=CCc1cc(OC)c2c(c1)OC(Cc1ccccc1)O2. The molecule has 1 heterocycles. The Hall–Kier alpha value is -2.42. The van der Waals surface area contributed by atoms with Gasteiger partial charge in [-0.2, -0.15) is 0 Å². The molecule has 108 valence electrons. The van der Waals surface area contributed by atoms with Gasteiger partial charge in [0.25, 0.3) is 0 Å². The highest BCUT2D eigenvalue weighted by atomic mass is 16.7. The fourth-order valence-corrected chi connectivity index (χ4v) is 2.46. The summed E-state index contributed by atoms with van der Waals surface area (Å²) in [5.74, 6) is 2.14. The summed E-state index contributed by atoms with van der Waals surface area (Å²) in [5.41, 5.74) is 2.28. The molecule has 1 atom stereocenters. The van der Waals surface area contributed by atoms with Crippen molar-refractivity contribution in [2.45, 2.75) is 19.1 Å². The molecular weight excluding hydrogens is 264 g/mol. The van der Waals surface area contributed by atoms with E-state index in [-0.39, 0.29) is 6.29 Å². The fraction of sp³-hybridized carbons (Fsp3) is 0.222. The van der Waals surface area contributed by atoms with Crippen LogP contribution in [0.2, 0.25) is 0 Å². The van der Waals surface area contributed by atoms with E-state index in [0.717, 1.165) is 17.7 Å². The summed E-state index contributed by atoms with van der Waals surface area (Å²) < 4.78 is 17.2. The highest BCUT2D eigenvalue weighted by molar-refractivity contribution is 5.55. The van der Waals surface area contributed by atoms with E-state index in [1.807, 2.05) is 36.4 Å². The number of ether oxygens (including phenoxy) is 3. The van der Waals surface area contributed by atoms with Gasteiger partial charge in [0.05, 0.1) is 7.11 Å². The molecule has 3 nitrogen and oxygen atoms in total. The zero-order valence-electron chi connectivity index (χ0n) is 12.0. The molecule has 0 aromatic heterocycles. The van der Waals surface area contributed by atoms with Gasteiger partial charge in [-0.15, -0.1) is 6.58 Å². The molecule has 2 aromatic rings. The summed E-state index contributed by atoms with van der Waals surface area (Å²) in [6.07, 6.45) is 3.03.